The van der Waals surface area contributed by atoms with Gasteiger partial charge in [-0.1, -0.05) is 29.9 Å². The van der Waals surface area contributed by atoms with Crippen LogP contribution in [-0.4, -0.2) is 29.3 Å². The Morgan fingerprint density at radius 2 is 2.09 bits per heavy atom. The van der Waals surface area contributed by atoms with Crippen molar-refractivity contribution >= 4 is 44.9 Å². The minimum absolute atomic E-state index is 0.345. The summed E-state index contributed by atoms with van der Waals surface area (Å²) in [6.07, 6.45) is 2.42. The quantitative estimate of drug-likeness (QED) is 0.874. The van der Waals surface area contributed by atoms with E-state index in [0.717, 1.165) is 18.2 Å². The topological polar surface area (TPSA) is 70.2 Å². The number of nitrogens with zero attached hydrogens (tertiary/aromatic N) is 3. The molecular weight excluding hydrogens is 334 g/mol. The van der Waals surface area contributed by atoms with Gasteiger partial charge in [0.15, 0.2) is 0 Å². The predicted molar refractivity (Wildman–Crippen MR) is 94.6 cm³/mol. The van der Waals surface area contributed by atoms with Crippen molar-refractivity contribution in [2.45, 2.75) is 19.8 Å². The molecule has 0 aliphatic carbocycles. The highest BCUT2D eigenvalue weighted by molar-refractivity contribution is 7.19. The van der Waals surface area contributed by atoms with Gasteiger partial charge in [0, 0.05) is 23.8 Å². The van der Waals surface area contributed by atoms with Gasteiger partial charge in [-0.3, -0.25) is 5.32 Å². The zero-order valence-corrected chi connectivity index (χ0v) is 14.3. The average Bonchev–Trinajstić information content (AvgIpc) is 2.98. The molecule has 1 aliphatic heterocycles. The lowest BCUT2D eigenvalue weighted by atomic mass is 10.0. The summed E-state index contributed by atoms with van der Waals surface area (Å²) in [6.45, 7) is 4.23. The van der Waals surface area contributed by atoms with E-state index in [1.165, 1.54) is 24.2 Å². The lowest BCUT2D eigenvalue weighted by Crippen LogP contribution is -2.34. The smallest absolute Gasteiger partial charge is 0.325 e. The van der Waals surface area contributed by atoms with Crippen LogP contribution in [0.5, 0.6) is 0 Å². The van der Waals surface area contributed by atoms with E-state index < -0.39 is 0 Å². The van der Waals surface area contributed by atoms with E-state index in [-0.39, 0.29) is 6.03 Å². The number of halogens is 1. The van der Waals surface area contributed by atoms with Crippen LogP contribution in [0.15, 0.2) is 24.3 Å². The third-order valence-corrected chi connectivity index (χ3v) is 4.82. The molecule has 0 saturated carbocycles. The maximum absolute atomic E-state index is 12.0. The summed E-state index contributed by atoms with van der Waals surface area (Å²) in [5.74, 6) is 0.664. The second-order valence-electron chi connectivity index (χ2n) is 5.67. The largest absolute Gasteiger partial charge is 0.346 e. The molecule has 6 nitrogen and oxygen atoms in total. The monoisotopic (exact) mass is 351 g/mol. The summed E-state index contributed by atoms with van der Waals surface area (Å²) in [5.41, 5.74) is 0.668. The minimum Gasteiger partial charge on any atom is -0.346 e. The van der Waals surface area contributed by atoms with Gasteiger partial charge in [-0.2, -0.15) is 0 Å². The van der Waals surface area contributed by atoms with Gasteiger partial charge < -0.3 is 10.2 Å². The van der Waals surface area contributed by atoms with Gasteiger partial charge in [0.2, 0.25) is 10.3 Å². The van der Waals surface area contributed by atoms with Gasteiger partial charge in [0.1, 0.15) is 0 Å². The number of carbonyl (C=O) groups is 1. The van der Waals surface area contributed by atoms with Crippen LogP contribution < -0.4 is 15.5 Å². The number of piperidine rings is 1. The summed E-state index contributed by atoms with van der Waals surface area (Å²) < 4.78 is 0. The fourth-order valence-corrected chi connectivity index (χ4v) is 3.45. The Morgan fingerprint density at radius 1 is 1.30 bits per heavy atom. The Hall–Kier alpha value is -1.86. The first-order chi connectivity index (χ1) is 11.1. The van der Waals surface area contributed by atoms with E-state index >= 15 is 0 Å². The number of anilines is 3. The Morgan fingerprint density at radius 3 is 2.83 bits per heavy atom. The van der Waals surface area contributed by atoms with E-state index in [9.17, 15) is 4.79 Å². The van der Waals surface area contributed by atoms with Crippen LogP contribution in [-0.2, 0) is 0 Å². The van der Waals surface area contributed by atoms with E-state index in [2.05, 4.69) is 32.7 Å². The van der Waals surface area contributed by atoms with Crippen LogP contribution in [0.2, 0.25) is 5.02 Å². The number of hydrogen-bond donors (Lipinski definition) is 2. The number of rotatable bonds is 3. The van der Waals surface area contributed by atoms with Crippen molar-refractivity contribution in [3.05, 3.63) is 29.3 Å². The fraction of sp³-hybridized carbons (Fsp3) is 0.400. The van der Waals surface area contributed by atoms with Crippen molar-refractivity contribution in [2.24, 2.45) is 5.92 Å². The third-order valence-electron chi connectivity index (χ3n) is 3.66. The molecule has 122 valence electrons. The maximum atomic E-state index is 12.0. The van der Waals surface area contributed by atoms with Crippen molar-refractivity contribution in [1.82, 2.24) is 10.2 Å². The van der Waals surface area contributed by atoms with Gasteiger partial charge in [-0.15, -0.1) is 10.2 Å². The molecule has 23 heavy (non-hydrogen) atoms. The molecule has 3 rings (SSSR count). The number of hydrogen-bond acceptors (Lipinski definition) is 5. The summed E-state index contributed by atoms with van der Waals surface area (Å²) in [7, 11) is 0. The van der Waals surface area contributed by atoms with Crippen LogP contribution in [0.25, 0.3) is 0 Å². The molecule has 0 radical (unpaired) electrons. The van der Waals surface area contributed by atoms with E-state index in [0.29, 0.717) is 21.8 Å². The van der Waals surface area contributed by atoms with Crippen LogP contribution in [0.4, 0.5) is 20.7 Å². The van der Waals surface area contributed by atoms with Crippen LogP contribution >= 0.6 is 22.9 Å². The summed E-state index contributed by atoms with van der Waals surface area (Å²) in [5, 5.41) is 15.6. The number of aromatic nitrogens is 2. The molecule has 2 amide bonds. The Kier molecular flexibility index (Phi) is 4.97. The lowest BCUT2D eigenvalue weighted by molar-refractivity contribution is 0.262. The highest BCUT2D eigenvalue weighted by Crippen LogP contribution is 2.28. The maximum Gasteiger partial charge on any atom is 0.325 e. The second-order valence-corrected chi connectivity index (χ2v) is 7.06. The number of benzene rings is 1. The summed E-state index contributed by atoms with van der Waals surface area (Å²) in [6, 6.07) is 6.57. The molecule has 0 spiro atoms. The first-order valence-electron chi connectivity index (χ1n) is 7.52. The zero-order chi connectivity index (χ0) is 16.2. The van der Waals surface area contributed by atoms with Gasteiger partial charge in [-0.25, -0.2) is 4.79 Å². The number of carbonyl (C=O) groups excluding carboxylic acids is 1. The second kappa shape index (κ2) is 7.14. The van der Waals surface area contributed by atoms with E-state index in [1.807, 2.05) is 0 Å². The number of urea groups is 1. The molecule has 1 atom stereocenters. The highest BCUT2D eigenvalue weighted by atomic mass is 35.5. The average molecular weight is 352 g/mol. The molecule has 2 heterocycles. The van der Waals surface area contributed by atoms with Crippen molar-refractivity contribution in [3.8, 4) is 0 Å². The van der Waals surface area contributed by atoms with Crippen molar-refractivity contribution in [3.63, 3.8) is 0 Å². The SMILES string of the molecule is CC1CCCN(c2nnc(NC(=O)Nc3ccc(Cl)cc3)s2)C1. The highest BCUT2D eigenvalue weighted by Gasteiger charge is 2.20. The normalized spacial score (nSPS) is 17.8. The molecule has 1 aromatic carbocycles. The molecule has 2 N–H and O–H groups in total. The van der Waals surface area contributed by atoms with Gasteiger partial charge in [0.25, 0.3) is 0 Å². The molecule has 0 bridgehead atoms. The van der Waals surface area contributed by atoms with Crippen LogP contribution in [0, 0.1) is 5.92 Å². The Bertz CT molecular complexity index is 675. The van der Waals surface area contributed by atoms with Gasteiger partial charge in [-0.05, 0) is 43.0 Å². The molecular formula is C15H18ClN5OS. The number of nitrogens with one attached hydrogen (secondary N) is 2. The minimum atomic E-state index is -0.345. The van der Waals surface area contributed by atoms with Gasteiger partial charge in [0.05, 0.1) is 0 Å². The molecule has 8 heteroatoms. The first kappa shape index (κ1) is 16.0. The molecule has 2 aromatic rings. The molecule has 1 aliphatic rings. The Balaban J connectivity index is 1.57. The van der Waals surface area contributed by atoms with Crippen LogP contribution in [0.3, 0.4) is 0 Å². The lowest BCUT2D eigenvalue weighted by Gasteiger charge is -2.29. The fourth-order valence-electron chi connectivity index (χ4n) is 2.55. The van der Waals surface area contributed by atoms with Crippen molar-refractivity contribution in [2.75, 3.05) is 28.6 Å². The Labute approximate surface area is 143 Å². The van der Waals surface area contributed by atoms with E-state index in [1.54, 1.807) is 24.3 Å². The molecule has 1 unspecified atom stereocenters. The first-order valence-corrected chi connectivity index (χ1v) is 8.71. The van der Waals surface area contributed by atoms with Gasteiger partial charge >= 0.3 is 6.03 Å². The molecule has 1 aromatic heterocycles. The standard InChI is InChI=1S/C15H18ClN5OS/c1-10-3-2-8-21(9-10)15-20-19-14(23-15)18-13(22)17-12-6-4-11(16)5-7-12/h4-7,10H,2-3,8-9H2,1H3,(H2,17,18,19,22). The van der Waals surface area contributed by atoms with E-state index in [4.69, 9.17) is 11.6 Å². The summed E-state index contributed by atoms with van der Waals surface area (Å²) in [4.78, 5) is 14.2. The van der Waals surface area contributed by atoms with Crippen molar-refractivity contribution in [1.29, 1.82) is 0 Å². The molecule has 1 saturated heterocycles. The van der Waals surface area contributed by atoms with Crippen LogP contribution in [0.1, 0.15) is 19.8 Å². The number of amides is 2. The zero-order valence-electron chi connectivity index (χ0n) is 12.8. The van der Waals surface area contributed by atoms with Crippen molar-refractivity contribution < 1.29 is 4.79 Å². The third kappa shape index (κ3) is 4.33. The predicted octanol–water partition coefficient (Wildman–Crippen LogP) is 4.07. The molecule has 1 fully saturated rings. The summed E-state index contributed by atoms with van der Waals surface area (Å²) >= 11 is 7.21.